The van der Waals surface area contributed by atoms with Gasteiger partial charge in [-0.25, -0.2) is 19.1 Å². The second-order valence-electron chi connectivity index (χ2n) is 12.5. The number of hydrogen-bond acceptors (Lipinski definition) is 1. The number of rotatable bonds is 4. The molecule has 1 nitrogen and oxygen atoms in total. The first-order valence-electron chi connectivity index (χ1n) is 12.6. The zero-order chi connectivity index (χ0) is 22.8. The number of fused-ring (bicyclic) bond motifs is 5. The molecule has 32 heavy (non-hydrogen) atoms. The Morgan fingerprint density at radius 1 is 1.09 bits per heavy atom. The van der Waals surface area contributed by atoms with Crippen LogP contribution in [0.15, 0.2) is 11.6 Å². The molecule has 1 N–H and O–H groups in total. The van der Waals surface area contributed by atoms with E-state index in [4.69, 9.17) is 0 Å². The summed E-state index contributed by atoms with van der Waals surface area (Å²) in [5.74, 6) is 2.67. The molecule has 3 fully saturated rings. The summed E-state index contributed by atoms with van der Waals surface area (Å²) < 4.78 is 38.9. The van der Waals surface area contributed by atoms with Crippen LogP contribution >= 0.6 is 0 Å². The van der Waals surface area contributed by atoms with E-state index in [1.54, 1.807) is 0 Å². The molecule has 0 heterocycles. The first-order valence-corrected chi connectivity index (χ1v) is 12.6. The smallest absolute Gasteiger partial charge is 0.272 e. The number of alkyl halides is 3. The van der Waals surface area contributed by atoms with Gasteiger partial charge < -0.3 is 5.11 Å². The van der Waals surface area contributed by atoms with Gasteiger partial charge in [-0.05, 0) is 98.7 Å². The summed E-state index contributed by atoms with van der Waals surface area (Å²) in [5, 5.41) is 10.6. The minimum absolute atomic E-state index is 0. The van der Waals surface area contributed by atoms with E-state index in [-0.39, 0.29) is 44.2 Å². The van der Waals surface area contributed by atoms with Gasteiger partial charge >= 0.3 is 0 Å². The summed E-state index contributed by atoms with van der Waals surface area (Å²) in [7, 11) is 0. The zero-order valence-electron chi connectivity index (χ0n) is 20.5. The number of halogens is 3. The number of allylic oxidation sites excluding steroid dienone is 1. The van der Waals surface area contributed by atoms with E-state index in [9.17, 15) is 18.3 Å². The summed E-state index contributed by atoms with van der Waals surface area (Å²) in [6, 6.07) is 0. The van der Waals surface area contributed by atoms with Crippen LogP contribution in [0, 0.1) is 46.3 Å². The van der Waals surface area contributed by atoms with Gasteiger partial charge in [0.1, 0.15) is 0 Å². The Morgan fingerprint density at radius 3 is 2.44 bits per heavy atom. The molecule has 0 saturated heterocycles. The molecule has 0 amide bonds. The first kappa shape index (κ1) is 26.8. The summed E-state index contributed by atoms with van der Waals surface area (Å²) >= 11 is 0. The molecule has 0 aromatic carbocycles. The molecule has 0 bridgehead atoms. The van der Waals surface area contributed by atoms with E-state index in [1.165, 1.54) is 38.2 Å². The molecule has 3 saturated carbocycles. The number of hydrogen-bond donors (Lipinski definition) is 1. The average Bonchev–Trinajstić information content (AvgIpc) is 3.02. The standard InChI is InChI=1S/C27H42F3O.Mo/c1-17(6-7-18(2)27(28,29)30)21-10-11-22-20-9-8-19-16-24(3,31)14-15-25(19,4)23(20)12-13-26(21,22)5;/h8,17,20-23,31H,6-7,9-16H2,1-5H3;/q-1;/t17-,20+,21-,22+,23+,24+,25+,26-;/m1./s1. The van der Waals surface area contributed by atoms with Crippen molar-refractivity contribution in [3.8, 4) is 0 Å². The van der Waals surface area contributed by atoms with Crippen LogP contribution in [0.3, 0.4) is 0 Å². The Balaban J connectivity index is 0.00000289. The summed E-state index contributed by atoms with van der Waals surface area (Å²) in [4.78, 5) is 0. The quantitative estimate of drug-likeness (QED) is 0.221. The van der Waals surface area contributed by atoms with Crippen LogP contribution in [0.1, 0.15) is 98.8 Å². The normalized spacial score (nSPS) is 44.8. The molecule has 0 unspecified atom stereocenters. The van der Waals surface area contributed by atoms with Crippen LogP contribution in [-0.2, 0) is 21.1 Å². The Labute approximate surface area is 207 Å². The Bertz CT molecular complexity index is 716. The fourth-order valence-electron chi connectivity index (χ4n) is 8.57. The molecule has 184 valence electrons. The summed E-state index contributed by atoms with van der Waals surface area (Å²) in [6.45, 7) is 10.4. The second-order valence-corrected chi connectivity index (χ2v) is 12.5. The van der Waals surface area contributed by atoms with E-state index in [0.29, 0.717) is 36.0 Å². The van der Waals surface area contributed by atoms with E-state index < -0.39 is 11.8 Å². The van der Waals surface area contributed by atoms with Crippen molar-refractivity contribution in [1.29, 1.82) is 0 Å². The minimum Gasteiger partial charge on any atom is -0.390 e. The van der Waals surface area contributed by atoms with Crippen LogP contribution < -0.4 is 0 Å². The largest absolute Gasteiger partial charge is 0.390 e. The van der Waals surface area contributed by atoms with Gasteiger partial charge in [-0.1, -0.05) is 38.8 Å². The van der Waals surface area contributed by atoms with Gasteiger partial charge in [-0.2, -0.15) is 13.3 Å². The van der Waals surface area contributed by atoms with Gasteiger partial charge in [0.2, 0.25) is 0 Å². The van der Waals surface area contributed by atoms with Gasteiger partial charge in [-0.15, -0.1) is 0 Å². The molecule has 0 aromatic heterocycles. The Morgan fingerprint density at radius 2 is 1.78 bits per heavy atom. The van der Waals surface area contributed by atoms with Crippen LogP contribution in [0.2, 0.25) is 0 Å². The summed E-state index contributed by atoms with van der Waals surface area (Å²) in [6.07, 6.45) is 7.97. The first-order chi connectivity index (χ1) is 14.3. The molecule has 4 aliphatic rings. The van der Waals surface area contributed by atoms with Gasteiger partial charge in [0, 0.05) is 21.1 Å². The van der Waals surface area contributed by atoms with E-state index >= 15 is 0 Å². The predicted octanol–water partition coefficient (Wildman–Crippen LogP) is 7.89. The van der Waals surface area contributed by atoms with E-state index in [1.807, 2.05) is 6.92 Å². The van der Waals surface area contributed by atoms with Crippen molar-refractivity contribution >= 4 is 0 Å². The van der Waals surface area contributed by atoms with Gasteiger partial charge in [0.15, 0.2) is 0 Å². The molecule has 0 aliphatic heterocycles. The third-order valence-corrected chi connectivity index (χ3v) is 10.6. The van der Waals surface area contributed by atoms with Crippen LogP contribution in [0.5, 0.6) is 0 Å². The average molecular weight is 536 g/mol. The monoisotopic (exact) mass is 537 g/mol. The van der Waals surface area contributed by atoms with E-state index in [0.717, 1.165) is 25.7 Å². The Hall–Kier alpha value is 0.178. The van der Waals surface area contributed by atoms with Crippen molar-refractivity contribution < 1.29 is 39.3 Å². The second kappa shape index (κ2) is 9.00. The molecule has 0 spiro atoms. The third kappa shape index (κ3) is 4.55. The molecule has 0 aromatic rings. The van der Waals surface area contributed by atoms with Crippen molar-refractivity contribution in [1.82, 2.24) is 0 Å². The van der Waals surface area contributed by atoms with Crippen molar-refractivity contribution in [3.63, 3.8) is 0 Å². The van der Waals surface area contributed by atoms with E-state index in [2.05, 4.69) is 26.8 Å². The fraction of sp³-hybridized carbons (Fsp3) is 0.889. The van der Waals surface area contributed by atoms with Crippen molar-refractivity contribution in [2.24, 2.45) is 40.4 Å². The predicted molar refractivity (Wildman–Crippen MR) is 119 cm³/mol. The van der Waals surface area contributed by atoms with Gasteiger partial charge in [0.05, 0.1) is 5.60 Å². The van der Waals surface area contributed by atoms with Crippen molar-refractivity contribution in [3.05, 3.63) is 17.6 Å². The third-order valence-electron chi connectivity index (χ3n) is 10.6. The van der Waals surface area contributed by atoms with Crippen molar-refractivity contribution in [2.45, 2.75) is 111 Å². The molecule has 8 atom stereocenters. The molecular formula is C27H42F3MoO-. The zero-order valence-corrected chi connectivity index (χ0v) is 22.5. The molecule has 4 rings (SSSR count). The Kier molecular flexibility index (Phi) is 7.53. The van der Waals surface area contributed by atoms with Gasteiger partial charge in [-0.3, -0.25) is 0 Å². The maximum atomic E-state index is 13.0. The summed E-state index contributed by atoms with van der Waals surface area (Å²) in [5.41, 5.74) is 1.44. The van der Waals surface area contributed by atoms with Crippen LogP contribution in [0.25, 0.3) is 0 Å². The van der Waals surface area contributed by atoms with Crippen LogP contribution in [-0.4, -0.2) is 16.9 Å². The molecule has 5 heteroatoms. The fourth-order valence-corrected chi connectivity index (χ4v) is 8.57. The molecular weight excluding hydrogens is 493 g/mol. The molecule has 0 radical (unpaired) electrons. The SMILES string of the molecule is C[C-](CC[C@@H](C)[C@H]1CC[C@H]2[C@@H]3CC=C4C[C@@](C)(O)CC[C@]4(C)[C@H]3CC[C@]12C)C(F)(F)F.[Mo]. The maximum absolute atomic E-state index is 13.0. The molecule has 4 aliphatic carbocycles. The van der Waals surface area contributed by atoms with Crippen LogP contribution in [0.4, 0.5) is 13.2 Å². The maximum Gasteiger partial charge on any atom is 0.272 e. The van der Waals surface area contributed by atoms with Gasteiger partial charge in [0.25, 0.3) is 6.18 Å². The van der Waals surface area contributed by atoms with Crippen molar-refractivity contribution in [2.75, 3.05) is 0 Å². The minimum atomic E-state index is -4.15. The topological polar surface area (TPSA) is 20.2 Å². The number of aliphatic hydroxyl groups is 1.